The summed E-state index contributed by atoms with van der Waals surface area (Å²) >= 11 is 1.84. The second kappa shape index (κ2) is 5.98. The van der Waals surface area contributed by atoms with Crippen molar-refractivity contribution >= 4 is 11.3 Å². The molecule has 0 fully saturated rings. The van der Waals surface area contributed by atoms with Gasteiger partial charge in [-0.25, -0.2) is 0 Å². The van der Waals surface area contributed by atoms with Crippen LogP contribution in [0.3, 0.4) is 0 Å². The van der Waals surface area contributed by atoms with E-state index in [-0.39, 0.29) is 12.0 Å². The van der Waals surface area contributed by atoms with Gasteiger partial charge in [0.2, 0.25) is 0 Å². The summed E-state index contributed by atoms with van der Waals surface area (Å²) in [7, 11) is 0. The minimum atomic E-state index is 0.170. The van der Waals surface area contributed by atoms with E-state index in [2.05, 4.69) is 52.1 Å². The molecule has 2 N–H and O–H groups in total. The maximum absolute atomic E-state index is 9.15. The highest BCUT2D eigenvalue weighted by Crippen LogP contribution is 2.27. The molecule has 1 heterocycles. The Morgan fingerprint density at radius 3 is 2.41 bits per heavy atom. The third kappa shape index (κ3) is 4.41. The Hall–Kier alpha value is -0.380. The summed E-state index contributed by atoms with van der Waals surface area (Å²) in [5.74, 6) is 0. The van der Waals surface area contributed by atoms with Crippen LogP contribution < -0.4 is 5.32 Å². The Morgan fingerprint density at radius 2 is 2.00 bits per heavy atom. The molecule has 1 aromatic rings. The van der Waals surface area contributed by atoms with Crippen LogP contribution >= 0.6 is 11.3 Å². The van der Waals surface area contributed by atoms with Crippen molar-refractivity contribution in [2.24, 2.45) is 5.41 Å². The number of nitrogens with one attached hydrogen (secondary N) is 1. The van der Waals surface area contributed by atoms with Crippen molar-refractivity contribution in [2.75, 3.05) is 6.61 Å². The first-order valence-corrected chi connectivity index (χ1v) is 7.09. The summed E-state index contributed by atoms with van der Waals surface area (Å²) in [6, 6.07) is 5.04. The molecule has 0 saturated carbocycles. The van der Waals surface area contributed by atoms with E-state index in [9.17, 15) is 0 Å². The van der Waals surface area contributed by atoms with E-state index >= 15 is 0 Å². The lowest BCUT2D eigenvalue weighted by atomic mass is 9.84. The van der Waals surface area contributed by atoms with Gasteiger partial charge in [-0.05, 0) is 37.8 Å². The van der Waals surface area contributed by atoms with Crippen LogP contribution in [0.15, 0.2) is 12.1 Å². The molecule has 0 bridgehead atoms. The quantitative estimate of drug-likeness (QED) is 0.844. The van der Waals surface area contributed by atoms with E-state index in [0.29, 0.717) is 12.1 Å². The molecule has 2 unspecified atom stereocenters. The van der Waals surface area contributed by atoms with E-state index in [1.165, 1.54) is 9.75 Å². The zero-order chi connectivity index (χ0) is 13.1. The molecule has 2 nitrogen and oxygen atoms in total. The second-order valence-electron chi connectivity index (χ2n) is 5.77. The smallest absolute Gasteiger partial charge is 0.0446 e. The van der Waals surface area contributed by atoms with Crippen molar-refractivity contribution in [3.05, 3.63) is 21.9 Å². The number of hydrogen-bond acceptors (Lipinski definition) is 3. The van der Waals surface area contributed by atoms with Gasteiger partial charge in [-0.3, -0.25) is 0 Å². The van der Waals surface area contributed by atoms with Gasteiger partial charge in [0.1, 0.15) is 0 Å². The van der Waals surface area contributed by atoms with Crippen molar-refractivity contribution in [3.63, 3.8) is 0 Å². The average Bonchev–Trinajstić information content (AvgIpc) is 2.62. The van der Waals surface area contributed by atoms with E-state index in [1.807, 2.05) is 11.3 Å². The van der Waals surface area contributed by atoms with Crippen LogP contribution in [0.1, 0.15) is 49.9 Å². The molecule has 0 aliphatic rings. The maximum Gasteiger partial charge on any atom is 0.0446 e. The molecular weight excluding hydrogens is 230 g/mol. The van der Waals surface area contributed by atoms with Gasteiger partial charge in [0.05, 0.1) is 0 Å². The third-order valence-corrected chi connectivity index (χ3v) is 4.29. The Labute approximate surface area is 109 Å². The van der Waals surface area contributed by atoms with E-state index < -0.39 is 0 Å². The maximum atomic E-state index is 9.15. The van der Waals surface area contributed by atoms with Gasteiger partial charge < -0.3 is 10.4 Å². The fourth-order valence-electron chi connectivity index (χ4n) is 1.97. The molecule has 0 radical (unpaired) electrons. The van der Waals surface area contributed by atoms with Gasteiger partial charge in [0.25, 0.3) is 0 Å². The molecule has 17 heavy (non-hydrogen) atoms. The van der Waals surface area contributed by atoms with Gasteiger partial charge in [-0.1, -0.05) is 20.8 Å². The number of aryl methyl sites for hydroxylation is 1. The topological polar surface area (TPSA) is 32.3 Å². The number of aliphatic hydroxyl groups excluding tert-OH is 1. The number of rotatable bonds is 5. The molecule has 2 atom stereocenters. The molecule has 0 amide bonds. The van der Waals surface area contributed by atoms with Gasteiger partial charge in [0.15, 0.2) is 0 Å². The number of aliphatic hydroxyl groups is 1. The summed E-state index contributed by atoms with van der Waals surface area (Å²) in [5, 5.41) is 12.8. The minimum Gasteiger partial charge on any atom is -0.396 e. The molecule has 0 spiro atoms. The lowest BCUT2D eigenvalue weighted by Gasteiger charge is -2.33. The summed E-state index contributed by atoms with van der Waals surface area (Å²) in [4.78, 5) is 2.72. The van der Waals surface area contributed by atoms with Gasteiger partial charge in [-0.2, -0.15) is 0 Å². The van der Waals surface area contributed by atoms with Crippen molar-refractivity contribution < 1.29 is 5.11 Å². The predicted octanol–water partition coefficient (Wildman–Crippen LogP) is 3.50. The third-order valence-electron chi connectivity index (χ3n) is 3.10. The van der Waals surface area contributed by atoms with Crippen LogP contribution in [0.5, 0.6) is 0 Å². The zero-order valence-electron chi connectivity index (χ0n) is 11.6. The van der Waals surface area contributed by atoms with E-state index in [0.717, 1.165) is 6.42 Å². The van der Waals surface area contributed by atoms with Crippen LogP contribution in [-0.2, 0) is 0 Å². The van der Waals surface area contributed by atoms with Gasteiger partial charge in [0, 0.05) is 28.4 Å². The SMILES string of the molecule is Cc1ccc(C(C)NC(CCO)C(C)(C)C)s1. The fourth-order valence-corrected chi connectivity index (χ4v) is 2.85. The largest absolute Gasteiger partial charge is 0.396 e. The van der Waals surface area contributed by atoms with Crippen LogP contribution in [0, 0.1) is 12.3 Å². The molecule has 98 valence electrons. The predicted molar refractivity (Wildman–Crippen MR) is 75.6 cm³/mol. The Morgan fingerprint density at radius 1 is 1.35 bits per heavy atom. The molecule has 0 aliphatic heterocycles. The van der Waals surface area contributed by atoms with Gasteiger partial charge >= 0.3 is 0 Å². The molecule has 0 saturated heterocycles. The highest BCUT2D eigenvalue weighted by atomic mass is 32.1. The Balaban J connectivity index is 2.67. The monoisotopic (exact) mass is 255 g/mol. The fraction of sp³-hybridized carbons (Fsp3) is 0.714. The summed E-state index contributed by atoms with van der Waals surface area (Å²) < 4.78 is 0. The van der Waals surface area contributed by atoms with Gasteiger partial charge in [-0.15, -0.1) is 11.3 Å². The highest BCUT2D eigenvalue weighted by molar-refractivity contribution is 7.12. The number of hydrogen-bond donors (Lipinski definition) is 2. The van der Waals surface area contributed by atoms with E-state index in [4.69, 9.17) is 5.11 Å². The van der Waals surface area contributed by atoms with Crippen molar-refractivity contribution in [3.8, 4) is 0 Å². The average molecular weight is 255 g/mol. The van der Waals surface area contributed by atoms with Crippen LogP contribution in [-0.4, -0.2) is 17.8 Å². The van der Waals surface area contributed by atoms with Crippen molar-refractivity contribution in [1.82, 2.24) is 5.32 Å². The van der Waals surface area contributed by atoms with Crippen molar-refractivity contribution in [2.45, 2.75) is 53.1 Å². The summed E-state index contributed by atoms with van der Waals surface area (Å²) in [5.41, 5.74) is 0.170. The first-order valence-electron chi connectivity index (χ1n) is 6.28. The normalized spacial score (nSPS) is 15.9. The summed E-state index contributed by atoms with van der Waals surface area (Å²) in [6.07, 6.45) is 0.804. The highest BCUT2D eigenvalue weighted by Gasteiger charge is 2.25. The minimum absolute atomic E-state index is 0.170. The molecule has 0 aliphatic carbocycles. The first kappa shape index (κ1) is 14.7. The van der Waals surface area contributed by atoms with Crippen LogP contribution in [0.2, 0.25) is 0 Å². The second-order valence-corrected chi connectivity index (χ2v) is 7.09. The lowest BCUT2D eigenvalue weighted by molar-refractivity contribution is 0.188. The number of thiophene rings is 1. The Bertz CT molecular complexity index is 340. The van der Waals surface area contributed by atoms with Crippen LogP contribution in [0.4, 0.5) is 0 Å². The Kier molecular flexibility index (Phi) is 5.17. The summed E-state index contributed by atoms with van der Waals surface area (Å²) in [6.45, 7) is 11.2. The standard InChI is InChI=1S/C14H25NOS/c1-10-6-7-12(17-10)11(2)15-13(8-9-16)14(3,4)5/h6-7,11,13,15-16H,8-9H2,1-5H3. The zero-order valence-corrected chi connectivity index (χ0v) is 12.4. The molecule has 1 rings (SSSR count). The van der Waals surface area contributed by atoms with Crippen LogP contribution in [0.25, 0.3) is 0 Å². The lowest BCUT2D eigenvalue weighted by Crippen LogP contribution is -2.42. The first-order chi connectivity index (χ1) is 7.84. The molecule has 0 aromatic carbocycles. The molecular formula is C14H25NOS. The van der Waals surface area contributed by atoms with Crippen molar-refractivity contribution in [1.29, 1.82) is 0 Å². The van der Waals surface area contributed by atoms with E-state index in [1.54, 1.807) is 0 Å². The molecule has 1 aromatic heterocycles. The molecule has 3 heteroatoms.